The molecule has 2 aromatic rings. The van der Waals surface area contributed by atoms with Crippen LogP contribution in [0.2, 0.25) is 0 Å². The molecule has 104 valence electrons. The molecule has 0 aliphatic heterocycles. The van der Waals surface area contributed by atoms with Crippen LogP contribution in [0.4, 0.5) is 0 Å². The standard InChI is InChI=1S/C16H19N3O/c1-2-3-16-18-10-11-19(16)12-13-20-15-6-4-14(5-7-15)8-9-17/h4-7,10-11H,2-3,8,12-13H2,1H3. The molecule has 0 fully saturated rings. The number of hydrogen-bond donors (Lipinski definition) is 0. The van der Waals surface area contributed by atoms with Crippen molar-refractivity contribution in [3.8, 4) is 11.8 Å². The Morgan fingerprint density at radius 1 is 1.30 bits per heavy atom. The van der Waals surface area contributed by atoms with Gasteiger partial charge in [-0.05, 0) is 24.1 Å². The highest BCUT2D eigenvalue weighted by Crippen LogP contribution is 2.12. The summed E-state index contributed by atoms with van der Waals surface area (Å²) < 4.78 is 7.85. The smallest absolute Gasteiger partial charge is 0.119 e. The van der Waals surface area contributed by atoms with Crippen molar-refractivity contribution in [2.75, 3.05) is 6.61 Å². The second-order valence-corrected chi connectivity index (χ2v) is 4.61. The van der Waals surface area contributed by atoms with E-state index in [9.17, 15) is 0 Å². The van der Waals surface area contributed by atoms with Gasteiger partial charge in [-0.3, -0.25) is 0 Å². The van der Waals surface area contributed by atoms with Crippen LogP contribution in [0.5, 0.6) is 5.75 Å². The summed E-state index contributed by atoms with van der Waals surface area (Å²) in [4.78, 5) is 4.34. The van der Waals surface area contributed by atoms with Crippen LogP contribution in [-0.4, -0.2) is 16.2 Å². The lowest BCUT2D eigenvalue weighted by Crippen LogP contribution is -2.10. The number of nitrogens with zero attached hydrogens (tertiary/aromatic N) is 3. The molecule has 0 bridgehead atoms. The quantitative estimate of drug-likeness (QED) is 0.776. The van der Waals surface area contributed by atoms with Crippen molar-refractivity contribution in [3.05, 3.63) is 48.0 Å². The number of ether oxygens (including phenoxy) is 1. The van der Waals surface area contributed by atoms with Crippen molar-refractivity contribution in [2.45, 2.75) is 32.7 Å². The van der Waals surface area contributed by atoms with Crippen LogP contribution in [0.3, 0.4) is 0 Å². The lowest BCUT2D eigenvalue weighted by Gasteiger charge is -2.09. The number of nitriles is 1. The zero-order chi connectivity index (χ0) is 14.2. The number of imidazole rings is 1. The molecule has 1 heterocycles. The van der Waals surface area contributed by atoms with Gasteiger partial charge in [0.2, 0.25) is 0 Å². The highest BCUT2D eigenvalue weighted by Gasteiger charge is 2.01. The summed E-state index contributed by atoms with van der Waals surface area (Å²) in [7, 11) is 0. The Hall–Kier alpha value is -2.28. The van der Waals surface area contributed by atoms with E-state index in [0.29, 0.717) is 13.0 Å². The summed E-state index contributed by atoms with van der Waals surface area (Å²) in [6.07, 6.45) is 6.36. The van der Waals surface area contributed by atoms with Crippen LogP contribution in [0.15, 0.2) is 36.7 Å². The van der Waals surface area contributed by atoms with Gasteiger partial charge in [0.15, 0.2) is 0 Å². The largest absolute Gasteiger partial charge is 0.492 e. The van der Waals surface area contributed by atoms with Crippen LogP contribution in [0.1, 0.15) is 24.7 Å². The van der Waals surface area contributed by atoms with Crippen molar-refractivity contribution < 1.29 is 4.74 Å². The maximum absolute atomic E-state index is 8.62. The summed E-state index contributed by atoms with van der Waals surface area (Å²) in [5, 5.41) is 8.62. The van der Waals surface area contributed by atoms with Gasteiger partial charge in [0.25, 0.3) is 0 Å². The zero-order valence-corrected chi connectivity index (χ0v) is 11.7. The molecule has 0 aliphatic carbocycles. The van der Waals surface area contributed by atoms with Crippen LogP contribution < -0.4 is 4.74 Å². The molecule has 0 N–H and O–H groups in total. The molecule has 0 saturated heterocycles. The summed E-state index contributed by atoms with van der Waals surface area (Å²) in [6, 6.07) is 9.81. The number of aromatic nitrogens is 2. The molecule has 20 heavy (non-hydrogen) atoms. The summed E-state index contributed by atoms with van der Waals surface area (Å²) >= 11 is 0. The number of rotatable bonds is 7. The molecular weight excluding hydrogens is 250 g/mol. The van der Waals surface area contributed by atoms with Gasteiger partial charge in [-0.15, -0.1) is 0 Å². The Kier molecular flexibility index (Phi) is 5.19. The van der Waals surface area contributed by atoms with E-state index in [1.807, 2.05) is 36.7 Å². The first kappa shape index (κ1) is 14.1. The van der Waals surface area contributed by atoms with Gasteiger partial charge < -0.3 is 9.30 Å². The van der Waals surface area contributed by atoms with Crippen molar-refractivity contribution in [1.82, 2.24) is 9.55 Å². The summed E-state index contributed by atoms with van der Waals surface area (Å²) in [6.45, 7) is 3.57. The first-order valence-corrected chi connectivity index (χ1v) is 6.92. The van der Waals surface area contributed by atoms with Gasteiger partial charge in [-0.1, -0.05) is 19.1 Å². The van der Waals surface area contributed by atoms with E-state index in [4.69, 9.17) is 10.00 Å². The molecule has 0 spiro atoms. The van der Waals surface area contributed by atoms with Crippen LogP contribution >= 0.6 is 0 Å². The van der Waals surface area contributed by atoms with Gasteiger partial charge in [-0.2, -0.15) is 5.26 Å². The SMILES string of the molecule is CCCc1nccn1CCOc1ccc(CC#N)cc1. The Labute approximate surface area is 119 Å². The molecule has 0 atom stereocenters. The molecular formula is C16H19N3O. The highest BCUT2D eigenvalue weighted by atomic mass is 16.5. The lowest BCUT2D eigenvalue weighted by atomic mass is 10.2. The molecule has 1 aromatic carbocycles. The summed E-state index contributed by atoms with van der Waals surface area (Å²) in [5.74, 6) is 1.95. The van der Waals surface area contributed by atoms with Crippen LogP contribution in [0.25, 0.3) is 0 Å². The zero-order valence-electron chi connectivity index (χ0n) is 11.7. The average molecular weight is 269 g/mol. The van der Waals surface area contributed by atoms with Gasteiger partial charge in [0, 0.05) is 18.8 Å². The minimum absolute atomic E-state index is 0.440. The fourth-order valence-electron chi connectivity index (χ4n) is 2.05. The van der Waals surface area contributed by atoms with Gasteiger partial charge in [0.1, 0.15) is 18.2 Å². The Bertz CT molecular complexity index is 566. The monoisotopic (exact) mass is 269 g/mol. The van der Waals surface area contributed by atoms with E-state index in [2.05, 4.69) is 22.5 Å². The second kappa shape index (κ2) is 7.34. The van der Waals surface area contributed by atoms with Crippen molar-refractivity contribution >= 4 is 0 Å². The average Bonchev–Trinajstić information content (AvgIpc) is 2.89. The fraction of sp³-hybridized carbons (Fsp3) is 0.375. The first-order valence-electron chi connectivity index (χ1n) is 6.92. The lowest BCUT2D eigenvalue weighted by molar-refractivity contribution is 0.296. The highest BCUT2D eigenvalue weighted by molar-refractivity contribution is 5.28. The van der Waals surface area contributed by atoms with Crippen LogP contribution in [-0.2, 0) is 19.4 Å². The molecule has 0 unspecified atom stereocenters. The van der Waals surface area contributed by atoms with Gasteiger partial charge >= 0.3 is 0 Å². The molecule has 2 rings (SSSR count). The third-order valence-electron chi connectivity index (χ3n) is 3.08. The maximum Gasteiger partial charge on any atom is 0.119 e. The molecule has 1 aromatic heterocycles. The first-order chi connectivity index (χ1) is 9.83. The normalized spacial score (nSPS) is 10.2. The topological polar surface area (TPSA) is 50.8 Å². The van der Waals surface area contributed by atoms with E-state index in [-0.39, 0.29) is 0 Å². The Morgan fingerprint density at radius 2 is 2.10 bits per heavy atom. The molecule has 4 nitrogen and oxygen atoms in total. The second-order valence-electron chi connectivity index (χ2n) is 4.61. The number of hydrogen-bond acceptors (Lipinski definition) is 3. The third kappa shape index (κ3) is 3.86. The third-order valence-corrected chi connectivity index (χ3v) is 3.08. The molecule has 0 amide bonds. The predicted octanol–water partition coefficient (Wildman–Crippen LogP) is 2.98. The van der Waals surface area contributed by atoms with Crippen molar-refractivity contribution in [2.24, 2.45) is 0 Å². The Balaban J connectivity index is 1.83. The number of benzene rings is 1. The van der Waals surface area contributed by atoms with Crippen LogP contribution in [0, 0.1) is 11.3 Å². The minimum Gasteiger partial charge on any atom is -0.492 e. The fourth-order valence-corrected chi connectivity index (χ4v) is 2.05. The van der Waals surface area contributed by atoms with Crippen molar-refractivity contribution in [1.29, 1.82) is 5.26 Å². The predicted molar refractivity (Wildman–Crippen MR) is 77.5 cm³/mol. The molecule has 0 aliphatic rings. The maximum atomic E-state index is 8.62. The molecule has 0 saturated carbocycles. The van der Waals surface area contributed by atoms with Crippen molar-refractivity contribution in [3.63, 3.8) is 0 Å². The molecule has 0 radical (unpaired) electrons. The van der Waals surface area contributed by atoms with Gasteiger partial charge in [-0.25, -0.2) is 4.98 Å². The van der Waals surface area contributed by atoms with E-state index in [0.717, 1.165) is 36.5 Å². The van der Waals surface area contributed by atoms with E-state index in [1.54, 1.807) is 0 Å². The number of aryl methyl sites for hydroxylation is 1. The van der Waals surface area contributed by atoms with Gasteiger partial charge in [0.05, 0.1) is 19.0 Å². The Morgan fingerprint density at radius 3 is 2.80 bits per heavy atom. The summed E-state index contributed by atoms with van der Waals surface area (Å²) in [5.41, 5.74) is 1.01. The minimum atomic E-state index is 0.440. The van der Waals surface area contributed by atoms with E-state index in [1.165, 1.54) is 0 Å². The van der Waals surface area contributed by atoms with E-state index < -0.39 is 0 Å². The van der Waals surface area contributed by atoms with E-state index >= 15 is 0 Å². The molecule has 4 heteroatoms.